The average Bonchev–Trinajstić information content (AvgIpc) is 3.20. The zero-order valence-corrected chi connectivity index (χ0v) is 13.5. The largest absolute Gasteiger partial charge is 0.365 e. The molecule has 3 heterocycles. The molecule has 0 spiro atoms. The molecule has 8 nitrogen and oxygen atoms in total. The van der Waals surface area contributed by atoms with Gasteiger partial charge in [0.1, 0.15) is 0 Å². The Labute approximate surface area is 140 Å². The quantitative estimate of drug-likeness (QED) is 0.243. The van der Waals surface area contributed by atoms with Gasteiger partial charge >= 0.3 is 0 Å². The molecule has 0 aromatic carbocycles. The Morgan fingerprint density at radius 1 is 1.29 bits per heavy atom. The summed E-state index contributed by atoms with van der Waals surface area (Å²) in [7, 11) is 0. The van der Waals surface area contributed by atoms with Crippen molar-refractivity contribution in [2.75, 3.05) is 13.1 Å². The van der Waals surface area contributed by atoms with E-state index in [1.54, 1.807) is 0 Å². The van der Waals surface area contributed by atoms with Gasteiger partial charge in [-0.05, 0) is 31.4 Å². The Bertz CT molecular complexity index is 576. The lowest BCUT2D eigenvalue weighted by Crippen LogP contribution is -2.41. The van der Waals surface area contributed by atoms with Gasteiger partial charge in [0.15, 0.2) is 0 Å². The van der Waals surface area contributed by atoms with Gasteiger partial charge in [0.05, 0.1) is 30.1 Å². The Morgan fingerprint density at radius 2 is 2.04 bits per heavy atom. The number of amides is 3. The molecule has 3 amide bonds. The van der Waals surface area contributed by atoms with Gasteiger partial charge in [-0.25, -0.2) is 0 Å². The van der Waals surface area contributed by atoms with Crippen LogP contribution in [0.5, 0.6) is 0 Å². The molecule has 0 aromatic rings. The summed E-state index contributed by atoms with van der Waals surface area (Å²) in [5.41, 5.74) is 12.2. The van der Waals surface area contributed by atoms with Crippen LogP contribution in [0.2, 0.25) is 0 Å². The van der Waals surface area contributed by atoms with Crippen molar-refractivity contribution in [3.8, 4) is 0 Å². The number of ether oxygens (including phenoxy) is 1. The van der Waals surface area contributed by atoms with E-state index in [1.807, 2.05) is 6.08 Å². The molecular weight excluding hydrogens is 312 g/mol. The Hall–Kier alpha value is -1.77. The highest BCUT2D eigenvalue weighted by atomic mass is 16.5. The lowest BCUT2D eigenvalue weighted by atomic mass is 9.80. The van der Waals surface area contributed by atoms with Crippen molar-refractivity contribution in [3.05, 3.63) is 11.6 Å². The van der Waals surface area contributed by atoms with E-state index in [0.29, 0.717) is 25.9 Å². The smallest absolute Gasteiger partial charge is 0.236 e. The van der Waals surface area contributed by atoms with Gasteiger partial charge in [0.25, 0.3) is 0 Å². The fourth-order valence-corrected chi connectivity index (χ4v) is 3.73. The minimum Gasteiger partial charge on any atom is -0.365 e. The van der Waals surface area contributed by atoms with Gasteiger partial charge in [-0.15, -0.1) is 0 Å². The maximum Gasteiger partial charge on any atom is 0.236 e. The number of hydrogen-bond acceptors (Lipinski definition) is 6. The molecule has 3 aliphatic heterocycles. The number of fused-ring (bicyclic) bond motifs is 5. The summed E-state index contributed by atoms with van der Waals surface area (Å²) in [6, 6.07) is -0.524. The molecule has 8 heteroatoms. The van der Waals surface area contributed by atoms with Crippen molar-refractivity contribution in [1.82, 2.24) is 10.6 Å². The first-order valence-electron chi connectivity index (χ1n) is 8.47. The lowest BCUT2D eigenvalue weighted by molar-refractivity contribution is -0.128. The Morgan fingerprint density at radius 3 is 2.79 bits per heavy atom. The van der Waals surface area contributed by atoms with Crippen molar-refractivity contribution in [2.45, 2.75) is 43.9 Å². The molecule has 5 unspecified atom stereocenters. The van der Waals surface area contributed by atoms with Crippen molar-refractivity contribution in [3.63, 3.8) is 0 Å². The third-order valence-electron chi connectivity index (χ3n) is 4.99. The van der Waals surface area contributed by atoms with Crippen LogP contribution in [-0.2, 0) is 19.1 Å². The van der Waals surface area contributed by atoms with E-state index in [1.165, 1.54) is 0 Å². The SMILES string of the molecule is NCCCCC(N)C(=O)NCCC1=CC2OC1C1C(=O)NC(=O)C21. The van der Waals surface area contributed by atoms with Gasteiger partial charge in [-0.1, -0.05) is 12.5 Å². The van der Waals surface area contributed by atoms with E-state index in [2.05, 4.69) is 10.6 Å². The summed E-state index contributed by atoms with van der Waals surface area (Å²) in [5.74, 6) is -1.49. The summed E-state index contributed by atoms with van der Waals surface area (Å²) in [6.07, 6.45) is 4.14. The summed E-state index contributed by atoms with van der Waals surface area (Å²) in [4.78, 5) is 35.5. The Balaban J connectivity index is 1.45. The molecule has 0 radical (unpaired) electrons. The van der Waals surface area contributed by atoms with Crippen molar-refractivity contribution < 1.29 is 19.1 Å². The maximum absolute atomic E-state index is 11.9. The number of unbranched alkanes of at least 4 members (excludes halogenated alkanes) is 1. The van der Waals surface area contributed by atoms with Crippen LogP contribution in [0.15, 0.2) is 11.6 Å². The molecule has 5 atom stereocenters. The first-order chi connectivity index (χ1) is 11.5. The third-order valence-corrected chi connectivity index (χ3v) is 4.99. The molecule has 2 fully saturated rings. The normalized spacial score (nSPS) is 31.7. The highest BCUT2D eigenvalue weighted by Crippen LogP contribution is 2.46. The molecule has 24 heavy (non-hydrogen) atoms. The first kappa shape index (κ1) is 17.1. The molecule has 0 saturated carbocycles. The van der Waals surface area contributed by atoms with Crippen LogP contribution in [0.25, 0.3) is 0 Å². The summed E-state index contributed by atoms with van der Waals surface area (Å²) >= 11 is 0. The number of hydrogen-bond donors (Lipinski definition) is 4. The second kappa shape index (κ2) is 7.00. The molecule has 6 N–H and O–H groups in total. The number of nitrogens with one attached hydrogen (secondary N) is 2. The molecule has 132 valence electrons. The molecule has 2 bridgehead atoms. The summed E-state index contributed by atoms with van der Waals surface area (Å²) in [6.45, 7) is 1.04. The first-order valence-corrected chi connectivity index (χ1v) is 8.47. The van der Waals surface area contributed by atoms with E-state index in [9.17, 15) is 14.4 Å². The van der Waals surface area contributed by atoms with Crippen LogP contribution in [0.1, 0.15) is 25.7 Å². The number of rotatable bonds is 8. The molecule has 3 rings (SSSR count). The minimum atomic E-state index is -0.524. The van der Waals surface area contributed by atoms with Crippen LogP contribution >= 0.6 is 0 Å². The summed E-state index contributed by atoms with van der Waals surface area (Å²) in [5, 5.41) is 5.18. The fraction of sp³-hybridized carbons (Fsp3) is 0.688. The highest BCUT2D eigenvalue weighted by Gasteiger charge is 2.59. The molecule has 0 aromatic heterocycles. The van der Waals surface area contributed by atoms with Gasteiger partial charge < -0.3 is 21.5 Å². The predicted molar refractivity (Wildman–Crippen MR) is 85.4 cm³/mol. The van der Waals surface area contributed by atoms with Crippen LogP contribution in [0, 0.1) is 11.8 Å². The van der Waals surface area contributed by atoms with Gasteiger partial charge in [0.2, 0.25) is 17.7 Å². The number of imide groups is 1. The zero-order chi connectivity index (χ0) is 17.3. The predicted octanol–water partition coefficient (Wildman–Crippen LogP) is -1.45. The van der Waals surface area contributed by atoms with Crippen molar-refractivity contribution >= 4 is 17.7 Å². The number of carbonyl (C=O) groups is 3. The fourth-order valence-electron chi connectivity index (χ4n) is 3.73. The molecule has 2 saturated heterocycles. The van der Waals surface area contributed by atoms with E-state index in [0.717, 1.165) is 18.4 Å². The second-order valence-corrected chi connectivity index (χ2v) is 6.60. The standard InChI is InChI=1S/C16H24N4O4/c17-5-2-1-3-9(18)14(21)19-6-4-8-7-10-11-12(13(8)24-10)16(23)20-15(11)22/h7,9-13H,1-6,17-18H2,(H,19,21)(H,20,22,23). The number of nitrogens with two attached hydrogens (primary N) is 2. The zero-order valence-electron chi connectivity index (χ0n) is 13.5. The van der Waals surface area contributed by atoms with Gasteiger partial charge in [-0.2, -0.15) is 0 Å². The average molecular weight is 336 g/mol. The highest BCUT2D eigenvalue weighted by molar-refractivity contribution is 6.06. The van der Waals surface area contributed by atoms with Crippen molar-refractivity contribution in [1.29, 1.82) is 0 Å². The van der Waals surface area contributed by atoms with E-state index < -0.39 is 17.9 Å². The third kappa shape index (κ3) is 3.09. The van der Waals surface area contributed by atoms with Crippen LogP contribution in [-0.4, -0.2) is 49.1 Å². The number of carbonyl (C=O) groups excluding carboxylic acids is 3. The monoisotopic (exact) mass is 336 g/mol. The van der Waals surface area contributed by atoms with Crippen LogP contribution < -0.4 is 22.1 Å². The van der Waals surface area contributed by atoms with E-state index in [-0.39, 0.29) is 29.9 Å². The molecule has 3 aliphatic rings. The van der Waals surface area contributed by atoms with Crippen molar-refractivity contribution in [2.24, 2.45) is 23.3 Å². The van der Waals surface area contributed by atoms with Gasteiger partial charge in [-0.3, -0.25) is 19.7 Å². The minimum absolute atomic E-state index is 0.177. The molecule has 0 aliphatic carbocycles. The van der Waals surface area contributed by atoms with Crippen LogP contribution in [0.3, 0.4) is 0 Å². The topological polar surface area (TPSA) is 137 Å². The lowest BCUT2D eigenvalue weighted by Gasteiger charge is -2.19. The summed E-state index contributed by atoms with van der Waals surface area (Å²) < 4.78 is 5.74. The second-order valence-electron chi connectivity index (χ2n) is 6.60. The van der Waals surface area contributed by atoms with E-state index in [4.69, 9.17) is 16.2 Å². The Kier molecular flexibility index (Phi) is 4.98. The van der Waals surface area contributed by atoms with E-state index >= 15 is 0 Å². The molecular formula is C16H24N4O4. The maximum atomic E-state index is 11.9. The van der Waals surface area contributed by atoms with Crippen LogP contribution in [0.4, 0.5) is 0 Å². The van der Waals surface area contributed by atoms with Gasteiger partial charge in [0, 0.05) is 6.54 Å².